The molecule has 0 radical (unpaired) electrons. The molecule has 0 N–H and O–H groups in total. The second-order valence-electron chi connectivity index (χ2n) is 7.64. The van der Waals surface area contributed by atoms with Gasteiger partial charge in [-0.2, -0.15) is 0 Å². The quantitative estimate of drug-likeness (QED) is 0.677. The third-order valence-corrected chi connectivity index (χ3v) is 6.84. The molecule has 5 rings (SSSR count). The van der Waals surface area contributed by atoms with Crippen molar-refractivity contribution in [2.45, 2.75) is 25.3 Å². The number of benzene rings is 2. The molecule has 1 saturated heterocycles. The fraction of sp³-hybridized carbons (Fsp3) is 0.364. The van der Waals surface area contributed by atoms with Crippen molar-refractivity contribution in [3.63, 3.8) is 0 Å². The van der Waals surface area contributed by atoms with Gasteiger partial charge in [0.15, 0.2) is 0 Å². The van der Waals surface area contributed by atoms with E-state index in [0.29, 0.717) is 12.5 Å². The summed E-state index contributed by atoms with van der Waals surface area (Å²) < 4.78 is 13.1. The molecular weight excluding hydrogens is 371 g/mol. The topological polar surface area (TPSA) is 32.3 Å². The molecule has 2 aromatic carbocycles. The summed E-state index contributed by atoms with van der Waals surface area (Å²) >= 11 is 1.65. The second-order valence-corrected chi connectivity index (χ2v) is 8.68. The second kappa shape index (κ2) is 7.60. The van der Waals surface area contributed by atoms with Crippen LogP contribution in [0, 0.1) is 5.82 Å². The van der Waals surface area contributed by atoms with Crippen LogP contribution >= 0.6 is 11.3 Å². The van der Waals surface area contributed by atoms with Gasteiger partial charge < -0.3 is 4.90 Å². The lowest BCUT2D eigenvalue weighted by atomic mass is 10.1. The molecule has 1 fully saturated rings. The van der Waals surface area contributed by atoms with Crippen molar-refractivity contribution in [3.8, 4) is 0 Å². The highest BCUT2D eigenvalue weighted by Crippen LogP contribution is 2.28. The van der Waals surface area contributed by atoms with Crippen molar-refractivity contribution in [2.24, 2.45) is 0 Å². The van der Waals surface area contributed by atoms with E-state index in [9.17, 15) is 4.39 Å². The van der Waals surface area contributed by atoms with E-state index in [2.05, 4.69) is 44.3 Å². The molecule has 4 nitrogen and oxygen atoms in total. The van der Waals surface area contributed by atoms with Crippen LogP contribution in [0.3, 0.4) is 0 Å². The Hall–Kier alpha value is -2.31. The van der Waals surface area contributed by atoms with Crippen LogP contribution in [0.1, 0.15) is 21.7 Å². The Kier molecular flexibility index (Phi) is 4.82. The van der Waals surface area contributed by atoms with E-state index in [1.54, 1.807) is 11.3 Å². The van der Waals surface area contributed by atoms with Crippen LogP contribution in [0.4, 0.5) is 9.52 Å². The minimum atomic E-state index is -0.204. The van der Waals surface area contributed by atoms with E-state index in [4.69, 9.17) is 0 Å². The van der Waals surface area contributed by atoms with Crippen molar-refractivity contribution >= 4 is 16.5 Å². The van der Waals surface area contributed by atoms with E-state index in [0.717, 1.165) is 41.9 Å². The number of rotatable bonds is 4. The molecule has 0 bridgehead atoms. The highest BCUT2D eigenvalue weighted by molar-refractivity contribution is 7.15. The zero-order valence-electron chi connectivity index (χ0n) is 15.7. The predicted octanol–water partition coefficient (Wildman–Crippen LogP) is 3.56. The third-order valence-electron chi connectivity index (χ3n) is 5.86. The Morgan fingerprint density at radius 1 is 0.893 bits per heavy atom. The monoisotopic (exact) mass is 394 g/mol. The number of halogens is 1. The van der Waals surface area contributed by atoms with Crippen molar-refractivity contribution in [2.75, 3.05) is 31.1 Å². The maximum atomic E-state index is 13.1. The fourth-order valence-electron chi connectivity index (χ4n) is 4.29. The third kappa shape index (κ3) is 3.66. The first-order valence-electron chi connectivity index (χ1n) is 9.87. The Morgan fingerprint density at radius 2 is 1.57 bits per heavy atom. The molecular formula is C22H23FN4S. The summed E-state index contributed by atoms with van der Waals surface area (Å²) in [7, 11) is 0. The standard InChI is InChI=1S/C22H23FN4S/c23-19-7-5-16(6-8-19)13-21-24-25-22(28-21)27-11-9-26(10-12-27)20-14-17-3-1-2-4-18(17)15-20/h1-8,20H,9-15H2. The van der Waals surface area contributed by atoms with Crippen LogP contribution in [-0.2, 0) is 19.3 Å². The Balaban J connectivity index is 1.17. The lowest BCUT2D eigenvalue weighted by Crippen LogP contribution is -2.50. The number of hydrogen-bond donors (Lipinski definition) is 0. The smallest absolute Gasteiger partial charge is 0.208 e. The van der Waals surface area contributed by atoms with Crippen LogP contribution in [0.5, 0.6) is 0 Å². The average molecular weight is 395 g/mol. The van der Waals surface area contributed by atoms with E-state index >= 15 is 0 Å². The maximum Gasteiger partial charge on any atom is 0.208 e. The van der Waals surface area contributed by atoms with Gasteiger partial charge in [-0.25, -0.2) is 4.39 Å². The minimum absolute atomic E-state index is 0.204. The molecule has 1 aliphatic heterocycles. The van der Waals surface area contributed by atoms with E-state index < -0.39 is 0 Å². The summed E-state index contributed by atoms with van der Waals surface area (Å²) in [6.45, 7) is 4.15. The number of piperazine rings is 1. The number of nitrogens with zero attached hydrogens (tertiary/aromatic N) is 4. The summed E-state index contributed by atoms with van der Waals surface area (Å²) in [5.74, 6) is -0.204. The summed E-state index contributed by atoms with van der Waals surface area (Å²) in [5.41, 5.74) is 4.10. The molecule has 0 spiro atoms. The summed E-state index contributed by atoms with van der Waals surface area (Å²) in [5, 5.41) is 10.8. The van der Waals surface area contributed by atoms with Gasteiger partial charge in [-0.1, -0.05) is 47.7 Å². The number of anilines is 1. The number of fused-ring (bicyclic) bond motifs is 1. The molecule has 144 valence electrons. The fourth-order valence-corrected chi connectivity index (χ4v) is 5.22. The van der Waals surface area contributed by atoms with E-state index in [1.807, 2.05) is 12.1 Å². The number of hydrogen-bond acceptors (Lipinski definition) is 5. The Morgan fingerprint density at radius 3 is 2.25 bits per heavy atom. The highest BCUT2D eigenvalue weighted by atomic mass is 32.1. The molecule has 0 atom stereocenters. The van der Waals surface area contributed by atoms with Gasteiger partial charge in [0.2, 0.25) is 5.13 Å². The molecule has 6 heteroatoms. The Bertz CT molecular complexity index is 922. The van der Waals surface area contributed by atoms with Gasteiger partial charge in [0, 0.05) is 38.6 Å². The first kappa shape index (κ1) is 17.8. The summed E-state index contributed by atoms with van der Waals surface area (Å²) in [6, 6.07) is 16.1. The normalized spacial score (nSPS) is 17.8. The minimum Gasteiger partial charge on any atom is -0.344 e. The van der Waals surface area contributed by atoms with Crippen LogP contribution in [0.2, 0.25) is 0 Å². The first-order chi connectivity index (χ1) is 13.7. The number of aromatic nitrogens is 2. The molecule has 0 amide bonds. The van der Waals surface area contributed by atoms with Gasteiger partial charge >= 0.3 is 0 Å². The van der Waals surface area contributed by atoms with Gasteiger partial charge in [-0.05, 0) is 41.7 Å². The maximum absolute atomic E-state index is 13.1. The van der Waals surface area contributed by atoms with Crippen molar-refractivity contribution in [1.82, 2.24) is 15.1 Å². The van der Waals surface area contributed by atoms with E-state index in [-0.39, 0.29) is 5.82 Å². The zero-order valence-corrected chi connectivity index (χ0v) is 16.5. The van der Waals surface area contributed by atoms with Crippen LogP contribution < -0.4 is 4.90 Å². The van der Waals surface area contributed by atoms with Crippen molar-refractivity contribution in [3.05, 3.63) is 76.0 Å². The highest BCUT2D eigenvalue weighted by Gasteiger charge is 2.29. The molecule has 0 saturated carbocycles. The molecule has 1 aliphatic carbocycles. The average Bonchev–Trinajstić information content (AvgIpc) is 3.37. The SMILES string of the molecule is Fc1ccc(Cc2nnc(N3CCN(C4Cc5ccccc5C4)CC3)s2)cc1. The van der Waals surface area contributed by atoms with Crippen LogP contribution in [-0.4, -0.2) is 47.3 Å². The van der Waals surface area contributed by atoms with Gasteiger partial charge in [-0.3, -0.25) is 4.90 Å². The van der Waals surface area contributed by atoms with Gasteiger partial charge in [0.1, 0.15) is 10.8 Å². The first-order valence-corrected chi connectivity index (χ1v) is 10.7. The van der Waals surface area contributed by atoms with Gasteiger partial charge in [0.25, 0.3) is 0 Å². The molecule has 28 heavy (non-hydrogen) atoms. The van der Waals surface area contributed by atoms with Crippen molar-refractivity contribution in [1.29, 1.82) is 0 Å². The lowest BCUT2D eigenvalue weighted by Gasteiger charge is -2.37. The lowest BCUT2D eigenvalue weighted by molar-refractivity contribution is 0.190. The Labute approximate surface area is 168 Å². The molecule has 0 unspecified atom stereocenters. The van der Waals surface area contributed by atoms with Gasteiger partial charge in [0.05, 0.1) is 0 Å². The van der Waals surface area contributed by atoms with Crippen LogP contribution in [0.25, 0.3) is 0 Å². The summed E-state index contributed by atoms with van der Waals surface area (Å²) in [6.07, 6.45) is 3.06. The molecule has 2 aliphatic rings. The van der Waals surface area contributed by atoms with Crippen molar-refractivity contribution < 1.29 is 4.39 Å². The van der Waals surface area contributed by atoms with Crippen LogP contribution in [0.15, 0.2) is 48.5 Å². The largest absolute Gasteiger partial charge is 0.344 e. The van der Waals surface area contributed by atoms with Gasteiger partial charge in [-0.15, -0.1) is 10.2 Å². The van der Waals surface area contributed by atoms with E-state index in [1.165, 1.54) is 36.1 Å². The molecule has 1 aromatic heterocycles. The summed E-state index contributed by atoms with van der Waals surface area (Å²) in [4.78, 5) is 4.99. The predicted molar refractivity (Wildman–Crippen MR) is 111 cm³/mol. The molecule has 3 aromatic rings. The zero-order chi connectivity index (χ0) is 18.9. The molecule has 2 heterocycles.